The zero-order valence-corrected chi connectivity index (χ0v) is 6.31. The minimum absolute atomic E-state index is 0.0997. The fourth-order valence-corrected chi connectivity index (χ4v) is 0.774. The average Bonchev–Trinajstić information content (AvgIpc) is 2.04. The van der Waals surface area contributed by atoms with E-state index in [0.717, 1.165) is 12.1 Å². The van der Waals surface area contributed by atoms with Gasteiger partial charge < -0.3 is 0 Å². The topological polar surface area (TPSA) is 22.1 Å². The lowest BCUT2D eigenvalue weighted by Gasteiger charge is -2.05. The largest absolute Gasteiger partial charge is 0.433 e. The van der Waals surface area contributed by atoms with Crippen molar-refractivity contribution >= 4 is 0 Å². The van der Waals surface area contributed by atoms with E-state index in [0.29, 0.717) is 0 Å². The molecule has 1 rings (SSSR count). The van der Waals surface area contributed by atoms with Gasteiger partial charge >= 0.3 is 6.18 Å². The third-order valence-electron chi connectivity index (χ3n) is 1.30. The van der Waals surface area contributed by atoms with Crippen LogP contribution in [-0.2, 0) is 17.7 Å². The SMILES string of the molecule is FOCc1cccc(C(F)(F)F)n1. The van der Waals surface area contributed by atoms with Crippen molar-refractivity contribution in [2.45, 2.75) is 12.8 Å². The van der Waals surface area contributed by atoms with E-state index in [4.69, 9.17) is 0 Å². The Hall–Kier alpha value is -1.17. The minimum atomic E-state index is -4.51. The van der Waals surface area contributed by atoms with Crippen molar-refractivity contribution < 1.29 is 22.6 Å². The molecule has 0 N–H and O–H groups in total. The standard InChI is InChI=1S/C7H5F4NO/c8-7(9,10)6-3-1-2-5(12-6)4-13-11/h1-3H,4H2. The van der Waals surface area contributed by atoms with Gasteiger partial charge in [0.05, 0.1) is 5.69 Å². The van der Waals surface area contributed by atoms with E-state index in [1.807, 2.05) is 0 Å². The van der Waals surface area contributed by atoms with E-state index in [1.54, 1.807) is 0 Å². The molecule has 0 fully saturated rings. The van der Waals surface area contributed by atoms with Crippen molar-refractivity contribution in [1.29, 1.82) is 0 Å². The van der Waals surface area contributed by atoms with Crippen LogP contribution in [0.4, 0.5) is 17.7 Å². The smallest absolute Gasteiger partial charge is 0.246 e. The first-order valence-corrected chi connectivity index (χ1v) is 3.30. The highest BCUT2D eigenvalue weighted by molar-refractivity contribution is 5.12. The number of alkyl halides is 3. The molecule has 72 valence electrons. The molecule has 2 nitrogen and oxygen atoms in total. The minimum Gasteiger partial charge on any atom is -0.246 e. The monoisotopic (exact) mass is 195 g/mol. The summed E-state index contributed by atoms with van der Waals surface area (Å²) < 4.78 is 47.3. The number of halogens is 4. The molecule has 6 heteroatoms. The molecule has 0 aliphatic heterocycles. The molecule has 0 bridgehead atoms. The summed E-state index contributed by atoms with van der Waals surface area (Å²) in [4.78, 5) is 6.31. The Kier molecular flexibility index (Phi) is 2.82. The first-order chi connectivity index (χ1) is 6.04. The van der Waals surface area contributed by atoms with Gasteiger partial charge in [-0.1, -0.05) is 6.07 Å². The molecule has 0 amide bonds. The van der Waals surface area contributed by atoms with Crippen molar-refractivity contribution in [3.8, 4) is 0 Å². The molecule has 0 aliphatic carbocycles. The third kappa shape index (κ3) is 2.66. The summed E-state index contributed by atoms with van der Waals surface area (Å²) in [6.07, 6.45) is -4.51. The van der Waals surface area contributed by atoms with E-state index >= 15 is 0 Å². The summed E-state index contributed by atoms with van der Waals surface area (Å²) in [6.45, 7) is -0.579. The molecule has 0 unspecified atom stereocenters. The quantitative estimate of drug-likeness (QED) is 0.676. The van der Waals surface area contributed by atoms with E-state index < -0.39 is 18.5 Å². The van der Waals surface area contributed by atoms with Crippen LogP contribution in [0.15, 0.2) is 18.2 Å². The van der Waals surface area contributed by atoms with Crippen LogP contribution in [0.2, 0.25) is 0 Å². The predicted octanol–water partition coefficient (Wildman–Crippen LogP) is 2.50. The van der Waals surface area contributed by atoms with Crippen LogP contribution in [0, 0.1) is 0 Å². The van der Waals surface area contributed by atoms with Crippen molar-refractivity contribution in [3.05, 3.63) is 29.6 Å². The molecular formula is C7H5F4NO. The Morgan fingerprint density at radius 1 is 1.31 bits per heavy atom. The van der Waals surface area contributed by atoms with Crippen molar-refractivity contribution in [1.82, 2.24) is 4.98 Å². The Morgan fingerprint density at radius 2 is 2.00 bits per heavy atom. The van der Waals surface area contributed by atoms with Crippen LogP contribution in [0.3, 0.4) is 0 Å². The second-order valence-electron chi connectivity index (χ2n) is 2.27. The molecule has 0 spiro atoms. The Bertz CT molecular complexity index is 286. The van der Waals surface area contributed by atoms with Crippen LogP contribution in [0.25, 0.3) is 0 Å². The average molecular weight is 195 g/mol. The van der Waals surface area contributed by atoms with Crippen LogP contribution >= 0.6 is 0 Å². The number of nitrogens with zero attached hydrogens (tertiary/aromatic N) is 1. The van der Waals surface area contributed by atoms with Crippen molar-refractivity contribution in [3.63, 3.8) is 0 Å². The molecule has 13 heavy (non-hydrogen) atoms. The van der Waals surface area contributed by atoms with Gasteiger partial charge in [0, 0.05) is 0 Å². The molecule has 0 aliphatic rings. The van der Waals surface area contributed by atoms with Gasteiger partial charge in [-0.15, -0.1) is 0 Å². The number of hydrogen-bond acceptors (Lipinski definition) is 2. The highest BCUT2D eigenvalue weighted by Crippen LogP contribution is 2.27. The fourth-order valence-electron chi connectivity index (χ4n) is 0.774. The second kappa shape index (κ2) is 3.69. The van der Waals surface area contributed by atoms with Gasteiger partial charge in [-0.2, -0.15) is 18.1 Å². The second-order valence-corrected chi connectivity index (χ2v) is 2.27. The Labute approximate surface area is 71.1 Å². The molecule has 0 aromatic carbocycles. The van der Waals surface area contributed by atoms with Crippen LogP contribution in [0.5, 0.6) is 0 Å². The maximum atomic E-state index is 12.0. The van der Waals surface area contributed by atoms with Crippen LogP contribution < -0.4 is 0 Å². The van der Waals surface area contributed by atoms with Gasteiger partial charge in [0.2, 0.25) is 0 Å². The van der Waals surface area contributed by atoms with E-state index in [-0.39, 0.29) is 5.69 Å². The summed E-state index contributed by atoms with van der Waals surface area (Å²) in [5.41, 5.74) is -1.15. The summed E-state index contributed by atoms with van der Waals surface area (Å²) >= 11 is 0. The van der Waals surface area contributed by atoms with Gasteiger partial charge in [-0.05, 0) is 16.7 Å². The molecule has 0 saturated carbocycles. The first-order valence-electron chi connectivity index (χ1n) is 3.30. The number of rotatable bonds is 2. The molecule has 1 aromatic heterocycles. The van der Waals surface area contributed by atoms with Gasteiger partial charge in [0.25, 0.3) is 0 Å². The first kappa shape index (κ1) is 9.91. The maximum Gasteiger partial charge on any atom is 0.433 e. The molecule has 0 saturated heterocycles. The lowest BCUT2D eigenvalue weighted by molar-refractivity contribution is -0.149. The van der Waals surface area contributed by atoms with E-state index in [1.165, 1.54) is 6.07 Å². The van der Waals surface area contributed by atoms with Gasteiger partial charge in [-0.25, -0.2) is 4.98 Å². The molecule has 0 atom stereocenters. The van der Waals surface area contributed by atoms with Crippen LogP contribution in [-0.4, -0.2) is 4.98 Å². The van der Waals surface area contributed by atoms with Crippen LogP contribution in [0.1, 0.15) is 11.4 Å². The van der Waals surface area contributed by atoms with E-state index in [2.05, 4.69) is 9.93 Å². The summed E-state index contributed by atoms with van der Waals surface area (Å²) in [6, 6.07) is 3.20. The molecule has 1 heterocycles. The highest BCUT2D eigenvalue weighted by atomic mass is 19.4. The normalized spacial score (nSPS) is 11.7. The third-order valence-corrected chi connectivity index (χ3v) is 1.30. The fraction of sp³-hybridized carbons (Fsp3) is 0.286. The maximum absolute atomic E-state index is 12.0. The summed E-state index contributed by atoms with van der Waals surface area (Å²) in [7, 11) is 0. The molecule has 1 aromatic rings. The summed E-state index contributed by atoms with van der Waals surface area (Å²) in [5, 5.41) is 0. The lowest BCUT2D eigenvalue weighted by atomic mass is 10.3. The van der Waals surface area contributed by atoms with Gasteiger partial charge in [0.15, 0.2) is 0 Å². The van der Waals surface area contributed by atoms with E-state index in [9.17, 15) is 17.7 Å². The summed E-state index contributed by atoms with van der Waals surface area (Å²) in [5.74, 6) is 0. The van der Waals surface area contributed by atoms with Gasteiger partial charge in [0.1, 0.15) is 12.3 Å². The van der Waals surface area contributed by atoms with Gasteiger partial charge in [-0.3, -0.25) is 0 Å². The number of pyridine rings is 1. The predicted molar refractivity (Wildman–Crippen MR) is 35.1 cm³/mol. The lowest BCUT2D eigenvalue weighted by Crippen LogP contribution is -2.09. The van der Waals surface area contributed by atoms with Crippen molar-refractivity contribution in [2.75, 3.05) is 0 Å². The highest BCUT2D eigenvalue weighted by Gasteiger charge is 2.32. The number of aromatic nitrogens is 1. The Balaban J connectivity index is 2.92. The molecular weight excluding hydrogens is 190 g/mol. The Morgan fingerprint density at radius 3 is 2.54 bits per heavy atom. The number of hydrogen-bond donors (Lipinski definition) is 0. The molecule has 0 radical (unpaired) electrons. The van der Waals surface area contributed by atoms with Crippen molar-refractivity contribution in [2.24, 2.45) is 0 Å². The zero-order valence-electron chi connectivity index (χ0n) is 6.31. The zero-order chi connectivity index (χ0) is 9.90.